The van der Waals surface area contributed by atoms with Gasteiger partial charge in [-0.1, -0.05) is 47.5 Å². The highest BCUT2D eigenvalue weighted by molar-refractivity contribution is 7.91. The van der Waals surface area contributed by atoms with Gasteiger partial charge in [0.15, 0.2) is 5.78 Å². The van der Waals surface area contributed by atoms with Gasteiger partial charge in [0.1, 0.15) is 16.6 Å². The van der Waals surface area contributed by atoms with E-state index in [1.807, 2.05) is 48.5 Å². The topological polar surface area (TPSA) is 63.7 Å². The highest BCUT2D eigenvalue weighted by Crippen LogP contribution is 2.33. The molecule has 5 nitrogen and oxygen atoms in total. The Morgan fingerprint density at radius 2 is 1.85 bits per heavy atom. The predicted molar refractivity (Wildman–Crippen MR) is 132 cm³/mol. The van der Waals surface area contributed by atoms with Crippen molar-refractivity contribution in [2.45, 2.75) is 42.5 Å². The van der Waals surface area contributed by atoms with Crippen LogP contribution < -0.4 is 4.74 Å². The van der Waals surface area contributed by atoms with E-state index in [2.05, 4.69) is 0 Å². The van der Waals surface area contributed by atoms with Crippen molar-refractivity contribution in [3.8, 4) is 5.75 Å². The molecule has 1 aromatic heterocycles. The van der Waals surface area contributed by atoms with Crippen molar-refractivity contribution >= 4 is 50.3 Å². The zero-order valence-corrected chi connectivity index (χ0v) is 20.9. The summed E-state index contributed by atoms with van der Waals surface area (Å²) in [6.45, 7) is 0.742. The molecule has 0 bridgehead atoms. The van der Waals surface area contributed by atoms with Gasteiger partial charge in [0.25, 0.3) is 10.0 Å². The van der Waals surface area contributed by atoms with Gasteiger partial charge in [0.2, 0.25) is 0 Å². The summed E-state index contributed by atoms with van der Waals surface area (Å²) in [6, 6.07) is 17.5. The lowest BCUT2D eigenvalue weighted by atomic mass is 10.0. The van der Waals surface area contributed by atoms with Gasteiger partial charge >= 0.3 is 0 Å². The molecule has 4 rings (SSSR count). The molecule has 1 saturated heterocycles. The van der Waals surface area contributed by atoms with Crippen LogP contribution in [-0.2, 0) is 27.8 Å². The van der Waals surface area contributed by atoms with E-state index in [1.54, 1.807) is 6.07 Å². The molecule has 0 N–H and O–H groups in total. The maximum absolute atomic E-state index is 13.0. The number of ketones is 1. The van der Waals surface area contributed by atoms with Gasteiger partial charge in [-0.05, 0) is 66.8 Å². The van der Waals surface area contributed by atoms with Gasteiger partial charge in [0.05, 0.1) is 10.4 Å². The number of sulfonamides is 1. The van der Waals surface area contributed by atoms with Gasteiger partial charge < -0.3 is 4.74 Å². The van der Waals surface area contributed by atoms with Gasteiger partial charge in [0, 0.05) is 18.0 Å². The summed E-state index contributed by atoms with van der Waals surface area (Å²) in [5.41, 5.74) is 1.93. The van der Waals surface area contributed by atoms with E-state index in [-0.39, 0.29) is 16.4 Å². The lowest BCUT2D eigenvalue weighted by molar-refractivity contribution is -0.122. The molecule has 1 aliphatic heterocycles. The lowest BCUT2D eigenvalue weighted by Gasteiger charge is -2.22. The normalized spacial score (nSPS) is 16.7. The van der Waals surface area contributed by atoms with Crippen LogP contribution in [0.5, 0.6) is 5.75 Å². The van der Waals surface area contributed by atoms with Crippen LogP contribution in [0.25, 0.3) is 0 Å². The summed E-state index contributed by atoms with van der Waals surface area (Å²) in [5, 5.41) is 0.661. The number of hydrogen-bond acceptors (Lipinski definition) is 5. The second-order valence-corrected chi connectivity index (χ2v) is 12.1. The van der Waals surface area contributed by atoms with Crippen molar-refractivity contribution in [2.24, 2.45) is 0 Å². The maximum Gasteiger partial charge on any atom is 0.253 e. The predicted octanol–water partition coefficient (Wildman–Crippen LogP) is 5.99. The Kier molecular flexibility index (Phi) is 7.76. The number of nitrogens with zero attached hydrogens (tertiary/aromatic N) is 1. The summed E-state index contributed by atoms with van der Waals surface area (Å²) >= 11 is 12.9. The zero-order chi connectivity index (χ0) is 23.4. The number of carbonyl (C=O) groups is 1. The molecule has 174 valence electrons. The van der Waals surface area contributed by atoms with E-state index in [1.165, 1.54) is 10.4 Å². The fourth-order valence-corrected chi connectivity index (χ4v) is 7.42. The lowest BCUT2D eigenvalue weighted by Crippen LogP contribution is -2.40. The number of carbonyl (C=O) groups excluding carboxylic acids is 1. The fourth-order valence-electron chi connectivity index (χ4n) is 3.92. The minimum atomic E-state index is -3.72. The Labute approximate surface area is 208 Å². The standard InChI is InChI=1S/C24H23Cl2NO4S2/c25-19-6-1-5-18(14-19)16-31-20-7-2-4-17(15-20)9-10-22(28)21-8-3-13-27(21)33(29,30)24-12-11-23(26)32-24/h1-2,4-7,11-12,14-15,21H,3,8-10,13,16H2/t21-/m0/s1. The van der Waals surface area contributed by atoms with E-state index in [0.717, 1.165) is 22.5 Å². The molecule has 1 atom stereocenters. The SMILES string of the molecule is O=C(CCc1cccc(OCc2cccc(Cl)c2)c1)[C@@H]1CCCN1S(=O)(=O)c1ccc(Cl)s1. The molecule has 2 aromatic carbocycles. The third-order valence-electron chi connectivity index (χ3n) is 5.54. The van der Waals surface area contributed by atoms with E-state index < -0.39 is 16.1 Å². The highest BCUT2D eigenvalue weighted by Gasteiger charge is 2.39. The molecule has 1 aliphatic rings. The van der Waals surface area contributed by atoms with Crippen LogP contribution in [0, 0.1) is 0 Å². The van der Waals surface area contributed by atoms with Crippen LogP contribution in [0.2, 0.25) is 9.36 Å². The average Bonchev–Trinajstić information content (AvgIpc) is 3.47. The molecule has 0 radical (unpaired) electrons. The first kappa shape index (κ1) is 24.2. The molecule has 1 fully saturated rings. The van der Waals surface area contributed by atoms with Crippen LogP contribution in [0.1, 0.15) is 30.4 Å². The monoisotopic (exact) mass is 523 g/mol. The van der Waals surface area contributed by atoms with Crippen molar-refractivity contribution in [3.05, 3.63) is 81.1 Å². The second-order valence-electron chi connectivity index (χ2n) is 7.86. The fraction of sp³-hybridized carbons (Fsp3) is 0.292. The summed E-state index contributed by atoms with van der Waals surface area (Å²) < 4.78 is 33.8. The van der Waals surface area contributed by atoms with Crippen molar-refractivity contribution in [1.29, 1.82) is 0 Å². The van der Waals surface area contributed by atoms with E-state index in [4.69, 9.17) is 27.9 Å². The van der Waals surface area contributed by atoms with Crippen molar-refractivity contribution in [1.82, 2.24) is 4.31 Å². The van der Waals surface area contributed by atoms with Crippen LogP contribution in [-0.4, -0.2) is 31.1 Å². The van der Waals surface area contributed by atoms with E-state index in [9.17, 15) is 13.2 Å². The summed E-state index contributed by atoms with van der Waals surface area (Å²) in [7, 11) is -3.72. The number of ether oxygens (including phenoxy) is 1. The first-order valence-corrected chi connectivity index (χ1v) is 13.6. The molecule has 33 heavy (non-hydrogen) atoms. The third-order valence-corrected chi connectivity index (χ3v) is 9.38. The molecule has 9 heteroatoms. The van der Waals surface area contributed by atoms with E-state index >= 15 is 0 Å². The van der Waals surface area contributed by atoms with Crippen molar-refractivity contribution in [2.75, 3.05) is 6.54 Å². The molecular weight excluding hydrogens is 501 g/mol. The summed E-state index contributed by atoms with van der Waals surface area (Å²) in [6.07, 6.45) is 1.99. The Bertz CT molecular complexity index is 1240. The number of aryl methyl sites for hydroxylation is 1. The van der Waals surface area contributed by atoms with Gasteiger partial charge in [-0.3, -0.25) is 4.79 Å². The van der Waals surface area contributed by atoms with Gasteiger partial charge in [-0.2, -0.15) is 4.31 Å². The van der Waals surface area contributed by atoms with Crippen LogP contribution in [0.4, 0.5) is 0 Å². The first-order chi connectivity index (χ1) is 15.8. The Morgan fingerprint density at radius 3 is 2.61 bits per heavy atom. The van der Waals surface area contributed by atoms with Crippen molar-refractivity contribution in [3.63, 3.8) is 0 Å². The minimum Gasteiger partial charge on any atom is -0.489 e. The molecule has 0 amide bonds. The van der Waals surface area contributed by atoms with Crippen LogP contribution >= 0.6 is 34.5 Å². The Hall–Kier alpha value is -1.90. The number of thiophene rings is 1. The Balaban J connectivity index is 1.36. The summed E-state index contributed by atoms with van der Waals surface area (Å²) in [5.74, 6) is 0.642. The quantitative estimate of drug-likeness (QED) is 0.345. The Morgan fingerprint density at radius 1 is 1.06 bits per heavy atom. The van der Waals surface area contributed by atoms with Crippen LogP contribution in [0.15, 0.2) is 64.9 Å². The molecule has 2 heterocycles. The summed E-state index contributed by atoms with van der Waals surface area (Å²) in [4.78, 5) is 13.0. The zero-order valence-electron chi connectivity index (χ0n) is 17.7. The third kappa shape index (κ3) is 5.97. The average molecular weight is 524 g/mol. The highest BCUT2D eigenvalue weighted by atomic mass is 35.5. The minimum absolute atomic E-state index is 0.0658. The number of hydrogen-bond donors (Lipinski definition) is 0. The number of rotatable bonds is 9. The molecule has 0 unspecified atom stereocenters. The van der Waals surface area contributed by atoms with Gasteiger partial charge in [-0.15, -0.1) is 11.3 Å². The second kappa shape index (κ2) is 10.6. The number of Topliss-reactive ketones (excluding diaryl/α,β-unsaturated/α-hetero) is 1. The van der Waals surface area contributed by atoms with Crippen LogP contribution in [0.3, 0.4) is 0 Å². The van der Waals surface area contributed by atoms with Crippen molar-refractivity contribution < 1.29 is 17.9 Å². The largest absolute Gasteiger partial charge is 0.489 e. The molecule has 3 aromatic rings. The maximum atomic E-state index is 13.0. The smallest absolute Gasteiger partial charge is 0.253 e. The molecule has 0 spiro atoms. The van der Waals surface area contributed by atoms with E-state index in [0.29, 0.717) is 47.5 Å². The number of benzene rings is 2. The molecule has 0 saturated carbocycles. The molecular formula is C24H23Cl2NO4S2. The molecule has 0 aliphatic carbocycles. The number of halogens is 2. The van der Waals surface area contributed by atoms with Gasteiger partial charge in [-0.25, -0.2) is 8.42 Å². The first-order valence-electron chi connectivity index (χ1n) is 10.6.